The minimum atomic E-state index is -0.381. The number of nitrogens with zero attached hydrogens (tertiary/aromatic N) is 1. The van der Waals surface area contributed by atoms with Crippen molar-refractivity contribution >= 4 is 33.2 Å². The fraction of sp³-hybridized carbons (Fsp3) is 0.333. The highest BCUT2D eigenvalue weighted by Crippen LogP contribution is 2.23. The van der Waals surface area contributed by atoms with Gasteiger partial charge in [-0.05, 0) is 54.4 Å². The molecule has 0 unspecified atom stereocenters. The van der Waals surface area contributed by atoms with Gasteiger partial charge in [-0.3, -0.25) is 4.79 Å². The van der Waals surface area contributed by atoms with Crippen LogP contribution in [-0.2, 0) is 11.3 Å². The zero-order chi connectivity index (χ0) is 15.6. The first kappa shape index (κ1) is 16.0. The van der Waals surface area contributed by atoms with Crippen molar-refractivity contribution in [2.75, 3.05) is 6.61 Å². The Morgan fingerprint density at radius 3 is 2.67 bits per heavy atom. The van der Waals surface area contributed by atoms with Crippen molar-refractivity contribution in [2.45, 2.75) is 27.3 Å². The van der Waals surface area contributed by atoms with Gasteiger partial charge in [0.25, 0.3) is 5.56 Å². The molecule has 0 saturated heterocycles. The molecule has 0 atom stereocenters. The van der Waals surface area contributed by atoms with Gasteiger partial charge >= 0.3 is 5.97 Å². The van der Waals surface area contributed by atoms with E-state index in [4.69, 9.17) is 4.74 Å². The van der Waals surface area contributed by atoms with E-state index in [2.05, 4.69) is 15.9 Å². The second-order valence-electron chi connectivity index (χ2n) is 4.64. The number of thiophene rings is 1. The average molecular weight is 370 g/mol. The number of carbonyl (C=O) groups is 1. The summed E-state index contributed by atoms with van der Waals surface area (Å²) in [5, 5.41) is 0. The fourth-order valence-corrected chi connectivity index (χ4v) is 3.69. The SMILES string of the molecule is CCOC(=O)c1c(C)cc(=O)n(Cc2ccc(Br)s2)c1C. The first-order valence-corrected chi connectivity index (χ1v) is 8.17. The van der Waals surface area contributed by atoms with Gasteiger partial charge in [0, 0.05) is 16.6 Å². The third-order valence-electron chi connectivity index (χ3n) is 3.19. The maximum absolute atomic E-state index is 12.2. The van der Waals surface area contributed by atoms with Crippen LogP contribution >= 0.6 is 27.3 Å². The van der Waals surface area contributed by atoms with Crippen molar-refractivity contribution in [3.63, 3.8) is 0 Å². The number of hydrogen-bond donors (Lipinski definition) is 0. The van der Waals surface area contributed by atoms with Gasteiger partial charge in [0.2, 0.25) is 0 Å². The van der Waals surface area contributed by atoms with Crippen molar-refractivity contribution < 1.29 is 9.53 Å². The number of halogens is 1. The molecule has 0 fully saturated rings. The Balaban J connectivity index is 2.48. The van der Waals surface area contributed by atoms with Crippen molar-refractivity contribution in [1.82, 2.24) is 4.57 Å². The summed E-state index contributed by atoms with van der Waals surface area (Å²) in [4.78, 5) is 25.3. The minimum absolute atomic E-state index is 0.109. The van der Waals surface area contributed by atoms with Crippen LogP contribution in [0.3, 0.4) is 0 Å². The Bertz CT molecular complexity index is 733. The lowest BCUT2D eigenvalue weighted by molar-refractivity contribution is 0.0523. The van der Waals surface area contributed by atoms with Gasteiger partial charge in [-0.2, -0.15) is 0 Å². The zero-order valence-corrected chi connectivity index (χ0v) is 14.5. The number of pyridine rings is 1. The van der Waals surface area contributed by atoms with Crippen molar-refractivity contribution in [3.8, 4) is 0 Å². The summed E-state index contributed by atoms with van der Waals surface area (Å²) >= 11 is 4.98. The number of aromatic nitrogens is 1. The Hall–Kier alpha value is -1.40. The molecule has 6 heteroatoms. The van der Waals surface area contributed by atoms with Crippen LogP contribution in [0.1, 0.15) is 33.4 Å². The zero-order valence-electron chi connectivity index (χ0n) is 12.1. The number of rotatable bonds is 4. The molecule has 0 aromatic carbocycles. The molecule has 0 spiro atoms. The summed E-state index contributed by atoms with van der Waals surface area (Å²) in [7, 11) is 0. The summed E-state index contributed by atoms with van der Waals surface area (Å²) in [5.74, 6) is -0.381. The van der Waals surface area contributed by atoms with Crippen LogP contribution in [0.2, 0.25) is 0 Å². The Morgan fingerprint density at radius 2 is 2.10 bits per heavy atom. The normalized spacial score (nSPS) is 10.7. The lowest BCUT2D eigenvalue weighted by atomic mass is 10.1. The van der Waals surface area contributed by atoms with Crippen LogP contribution < -0.4 is 5.56 Å². The molecule has 0 aliphatic carbocycles. The molecule has 0 aliphatic heterocycles. The predicted molar refractivity (Wildman–Crippen MR) is 87.3 cm³/mol. The maximum atomic E-state index is 12.2. The lowest BCUT2D eigenvalue weighted by Crippen LogP contribution is -2.26. The summed E-state index contributed by atoms with van der Waals surface area (Å²) in [5.41, 5.74) is 1.66. The molecule has 0 amide bonds. The minimum Gasteiger partial charge on any atom is -0.462 e. The van der Waals surface area contributed by atoms with Crippen LogP contribution in [0.25, 0.3) is 0 Å². The van der Waals surface area contributed by atoms with Crippen LogP contribution in [0.15, 0.2) is 26.8 Å². The van der Waals surface area contributed by atoms with Crippen LogP contribution in [0.4, 0.5) is 0 Å². The average Bonchev–Trinajstić information content (AvgIpc) is 2.80. The molecule has 4 nitrogen and oxygen atoms in total. The number of esters is 1. The fourth-order valence-electron chi connectivity index (χ4n) is 2.22. The Kier molecular flexibility index (Phi) is 5.00. The number of hydrogen-bond acceptors (Lipinski definition) is 4. The molecule has 0 saturated carbocycles. The van der Waals surface area contributed by atoms with Gasteiger partial charge in [-0.15, -0.1) is 11.3 Å². The summed E-state index contributed by atoms with van der Waals surface area (Å²) in [6, 6.07) is 5.40. The number of carbonyl (C=O) groups excluding carboxylic acids is 1. The van der Waals surface area contributed by atoms with Crippen LogP contribution in [0, 0.1) is 13.8 Å². The van der Waals surface area contributed by atoms with Gasteiger partial charge in [0.15, 0.2) is 0 Å². The summed E-state index contributed by atoms with van der Waals surface area (Å²) < 4.78 is 7.70. The molecule has 112 valence electrons. The molecule has 21 heavy (non-hydrogen) atoms. The molecular weight excluding hydrogens is 354 g/mol. The first-order chi connectivity index (χ1) is 9.93. The Labute approximate surface area is 135 Å². The largest absolute Gasteiger partial charge is 0.462 e. The van der Waals surface area contributed by atoms with Crippen LogP contribution in [-0.4, -0.2) is 17.1 Å². The van der Waals surface area contributed by atoms with Crippen LogP contribution in [0.5, 0.6) is 0 Å². The van der Waals surface area contributed by atoms with Gasteiger partial charge in [0.1, 0.15) is 0 Å². The third kappa shape index (κ3) is 3.44. The molecule has 2 rings (SSSR count). The van der Waals surface area contributed by atoms with E-state index in [1.54, 1.807) is 36.7 Å². The highest BCUT2D eigenvalue weighted by Gasteiger charge is 2.18. The van der Waals surface area contributed by atoms with E-state index < -0.39 is 0 Å². The maximum Gasteiger partial charge on any atom is 0.340 e. The van der Waals surface area contributed by atoms with Gasteiger partial charge in [-0.25, -0.2) is 4.79 Å². The van der Waals surface area contributed by atoms with E-state index in [1.165, 1.54) is 6.07 Å². The summed E-state index contributed by atoms with van der Waals surface area (Å²) in [6.45, 7) is 6.07. The van der Waals surface area contributed by atoms with Crippen molar-refractivity contribution in [2.24, 2.45) is 0 Å². The van der Waals surface area contributed by atoms with Gasteiger partial charge < -0.3 is 9.30 Å². The molecule has 0 bridgehead atoms. The van der Waals surface area contributed by atoms with E-state index >= 15 is 0 Å². The summed E-state index contributed by atoms with van der Waals surface area (Å²) in [6.07, 6.45) is 0. The molecule has 0 aliphatic rings. The van der Waals surface area contributed by atoms with E-state index in [-0.39, 0.29) is 11.5 Å². The number of ether oxygens (including phenoxy) is 1. The second kappa shape index (κ2) is 6.58. The molecular formula is C15H16BrNO3S. The van der Waals surface area contributed by atoms with Gasteiger partial charge in [-0.1, -0.05) is 0 Å². The molecule has 2 aromatic heterocycles. The van der Waals surface area contributed by atoms with E-state index in [0.29, 0.717) is 30.0 Å². The lowest BCUT2D eigenvalue weighted by Gasteiger charge is -2.14. The third-order valence-corrected chi connectivity index (χ3v) is 4.80. The monoisotopic (exact) mass is 369 g/mol. The van der Waals surface area contributed by atoms with E-state index in [0.717, 1.165) is 8.66 Å². The van der Waals surface area contributed by atoms with Crippen molar-refractivity contribution in [1.29, 1.82) is 0 Å². The molecule has 2 heterocycles. The first-order valence-electron chi connectivity index (χ1n) is 6.56. The molecule has 0 N–H and O–H groups in total. The molecule has 2 aromatic rings. The second-order valence-corrected chi connectivity index (χ2v) is 7.19. The quantitative estimate of drug-likeness (QED) is 0.774. The number of aryl methyl sites for hydroxylation is 1. The van der Waals surface area contributed by atoms with E-state index in [9.17, 15) is 9.59 Å². The Morgan fingerprint density at radius 1 is 1.38 bits per heavy atom. The van der Waals surface area contributed by atoms with Crippen molar-refractivity contribution in [3.05, 3.63) is 54.0 Å². The van der Waals surface area contributed by atoms with Gasteiger partial charge in [0.05, 0.1) is 22.5 Å². The smallest absolute Gasteiger partial charge is 0.340 e. The highest BCUT2D eigenvalue weighted by atomic mass is 79.9. The molecule has 0 radical (unpaired) electrons. The predicted octanol–water partition coefficient (Wildman–Crippen LogP) is 3.51. The highest BCUT2D eigenvalue weighted by molar-refractivity contribution is 9.11. The topological polar surface area (TPSA) is 48.3 Å². The standard InChI is InChI=1S/C15H16BrNO3S/c1-4-20-15(19)14-9(2)7-13(18)17(10(14)3)8-11-5-6-12(16)21-11/h5-7H,4,8H2,1-3H3. The van der Waals surface area contributed by atoms with E-state index in [1.807, 2.05) is 12.1 Å².